The Balaban J connectivity index is 0.985. The molecule has 0 unspecified atom stereocenters. The summed E-state index contributed by atoms with van der Waals surface area (Å²) in [6.45, 7) is 4.71. The lowest BCUT2D eigenvalue weighted by molar-refractivity contribution is 0.425. The SMILES string of the molecule is CC1(C)c2ccccc2C2(c3ccccc3Oc3ccccc32)c2cc(-c3ccccc3-c3nc(-c4ccccc4)nc(-c4ccc(-c5cccc6c5oc5ccccc56)cc4)n3)ccc21. The van der Waals surface area contributed by atoms with Gasteiger partial charge in [0.05, 0.1) is 5.41 Å². The lowest BCUT2D eigenvalue weighted by Crippen LogP contribution is -2.43. The van der Waals surface area contributed by atoms with Crippen LogP contribution in [0.5, 0.6) is 11.5 Å². The lowest BCUT2D eigenvalue weighted by atomic mass is 9.53. The fraction of sp³-hybridized carbons (Fsp3) is 0.0656. The maximum atomic E-state index is 6.70. The van der Waals surface area contributed by atoms with Crippen molar-refractivity contribution in [3.8, 4) is 67.9 Å². The predicted molar refractivity (Wildman–Crippen MR) is 265 cm³/mol. The van der Waals surface area contributed by atoms with Crippen molar-refractivity contribution in [3.63, 3.8) is 0 Å². The van der Waals surface area contributed by atoms with Crippen molar-refractivity contribution in [1.82, 2.24) is 15.0 Å². The summed E-state index contributed by atoms with van der Waals surface area (Å²) < 4.78 is 13.1. The highest BCUT2D eigenvalue weighted by atomic mass is 16.5. The lowest BCUT2D eigenvalue weighted by Gasteiger charge is -2.50. The molecule has 5 heteroatoms. The van der Waals surface area contributed by atoms with Gasteiger partial charge < -0.3 is 9.15 Å². The van der Waals surface area contributed by atoms with Crippen molar-refractivity contribution in [3.05, 3.63) is 246 Å². The molecule has 3 heterocycles. The molecule has 0 saturated heterocycles. The molecular formula is C61H41N3O2. The number of furan rings is 1. The van der Waals surface area contributed by atoms with E-state index in [-0.39, 0.29) is 5.41 Å². The first-order chi connectivity index (χ1) is 32.5. The minimum absolute atomic E-state index is 0.279. The topological polar surface area (TPSA) is 61.0 Å². The Hall–Kier alpha value is -8.41. The van der Waals surface area contributed by atoms with Gasteiger partial charge in [0.1, 0.15) is 22.7 Å². The molecule has 11 aromatic rings. The third-order valence-corrected chi connectivity index (χ3v) is 13.9. The maximum Gasteiger partial charge on any atom is 0.164 e. The molecule has 312 valence electrons. The highest BCUT2D eigenvalue weighted by Crippen LogP contribution is 2.62. The summed E-state index contributed by atoms with van der Waals surface area (Å²) in [4.78, 5) is 15.7. The Morgan fingerprint density at radius 2 is 0.864 bits per heavy atom. The van der Waals surface area contributed by atoms with Crippen molar-refractivity contribution in [1.29, 1.82) is 0 Å². The zero-order valence-corrected chi connectivity index (χ0v) is 36.4. The fourth-order valence-electron chi connectivity index (χ4n) is 10.8. The van der Waals surface area contributed by atoms with Crippen LogP contribution in [0.3, 0.4) is 0 Å². The van der Waals surface area contributed by atoms with Crippen LogP contribution < -0.4 is 4.74 Å². The minimum Gasteiger partial charge on any atom is -0.457 e. The van der Waals surface area contributed by atoms with Gasteiger partial charge >= 0.3 is 0 Å². The molecule has 0 N–H and O–H groups in total. The summed E-state index contributed by atoms with van der Waals surface area (Å²) in [6, 6.07) is 74.8. The van der Waals surface area contributed by atoms with E-state index >= 15 is 0 Å². The highest BCUT2D eigenvalue weighted by Gasteiger charge is 2.52. The average molecular weight is 848 g/mol. The molecule has 13 rings (SSSR count). The summed E-state index contributed by atoms with van der Waals surface area (Å²) >= 11 is 0. The van der Waals surface area contributed by atoms with Crippen LogP contribution in [0.1, 0.15) is 47.2 Å². The molecule has 1 spiro atoms. The number of hydrogen-bond acceptors (Lipinski definition) is 5. The number of benzene rings is 9. The monoisotopic (exact) mass is 847 g/mol. The summed E-state index contributed by atoms with van der Waals surface area (Å²) in [5.74, 6) is 3.55. The third-order valence-electron chi connectivity index (χ3n) is 13.9. The van der Waals surface area contributed by atoms with Gasteiger partial charge in [-0.2, -0.15) is 0 Å². The van der Waals surface area contributed by atoms with E-state index in [9.17, 15) is 0 Å². The molecule has 1 aliphatic heterocycles. The summed E-state index contributed by atoms with van der Waals surface area (Å²) in [6.07, 6.45) is 0. The van der Waals surface area contributed by atoms with Crippen molar-refractivity contribution >= 4 is 21.9 Å². The second-order valence-corrected chi connectivity index (χ2v) is 17.9. The van der Waals surface area contributed by atoms with Gasteiger partial charge in [-0.3, -0.25) is 0 Å². The Morgan fingerprint density at radius 1 is 0.348 bits per heavy atom. The van der Waals surface area contributed by atoms with Gasteiger partial charge in [-0.15, -0.1) is 0 Å². The number of hydrogen-bond donors (Lipinski definition) is 0. The van der Waals surface area contributed by atoms with Crippen molar-refractivity contribution in [2.75, 3.05) is 0 Å². The fourth-order valence-corrected chi connectivity index (χ4v) is 10.8. The van der Waals surface area contributed by atoms with Crippen molar-refractivity contribution in [2.24, 2.45) is 0 Å². The zero-order chi connectivity index (χ0) is 44.0. The molecule has 0 bridgehead atoms. The van der Waals surface area contributed by atoms with Crippen LogP contribution in [0.25, 0.3) is 78.4 Å². The summed E-state index contributed by atoms with van der Waals surface area (Å²) in [7, 11) is 0. The molecule has 5 nitrogen and oxygen atoms in total. The van der Waals surface area contributed by atoms with Crippen LogP contribution in [-0.2, 0) is 10.8 Å². The molecule has 9 aromatic carbocycles. The quantitative estimate of drug-likeness (QED) is 0.173. The zero-order valence-electron chi connectivity index (χ0n) is 36.4. The molecule has 0 fully saturated rings. The van der Waals surface area contributed by atoms with E-state index in [1.165, 1.54) is 22.3 Å². The van der Waals surface area contributed by atoms with Crippen molar-refractivity contribution < 1.29 is 9.15 Å². The van der Waals surface area contributed by atoms with E-state index in [0.717, 1.165) is 83.5 Å². The maximum absolute atomic E-state index is 6.70. The van der Waals surface area contributed by atoms with Gasteiger partial charge in [-0.05, 0) is 63.2 Å². The molecule has 0 radical (unpaired) electrons. The smallest absolute Gasteiger partial charge is 0.164 e. The predicted octanol–water partition coefficient (Wildman–Crippen LogP) is 15.2. The number of aromatic nitrogens is 3. The molecule has 2 aliphatic rings. The van der Waals surface area contributed by atoms with Crippen molar-refractivity contribution in [2.45, 2.75) is 24.7 Å². The van der Waals surface area contributed by atoms with Gasteiger partial charge in [0.25, 0.3) is 0 Å². The average Bonchev–Trinajstić information content (AvgIpc) is 3.77. The van der Waals surface area contributed by atoms with E-state index in [4.69, 9.17) is 24.1 Å². The van der Waals surface area contributed by atoms with E-state index in [1.54, 1.807) is 0 Å². The number of rotatable bonds is 5. The molecule has 0 amide bonds. The number of nitrogens with zero attached hydrogens (tertiary/aromatic N) is 3. The second-order valence-electron chi connectivity index (χ2n) is 17.9. The second kappa shape index (κ2) is 14.6. The largest absolute Gasteiger partial charge is 0.457 e. The number of fused-ring (bicyclic) bond motifs is 11. The normalized spacial score (nSPS) is 14.0. The van der Waals surface area contributed by atoms with Crippen LogP contribution in [-0.4, -0.2) is 15.0 Å². The van der Waals surface area contributed by atoms with Gasteiger partial charge in [0.15, 0.2) is 17.5 Å². The molecule has 66 heavy (non-hydrogen) atoms. The first-order valence-electron chi connectivity index (χ1n) is 22.5. The molecule has 0 atom stereocenters. The molecule has 2 aromatic heterocycles. The van der Waals surface area contributed by atoms with Crippen LogP contribution in [0.2, 0.25) is 0 Å². The molecule has 0 saturated carbocycles. The first kappa shape index (κ1) is 38.1. The Labute approximate surface area is 382 Å². The van der Waals surface area contributed by atoms with Crippen LogP contribution >= 0.6 is 0 Å². The van der Waals surface area contributed by atoms with E-state index in [2.05, 4.69) is 196 Å². The Morgan fingerprint density at radius 3 is 1.61 bits per heavy atom. The number of para-hydroxylation sites is 4. The van der Waals surface area contributed by atoms with Gasteiger partial charge in [0.2, 0.25) is 0 Å². The van der Waals surface area contributed by atoms with E-state index < -0.39 is 5.41 Å². The number of ether oxygens (including phenoxy) is 1. The summed E-state index contributed by atoms with van der Waals surface area (Å²) in [5.41, 5.74) is 15.1. The Bertz CT molecular complexity index is 3670. The standard InChI is InChI=1S/C61H41N3O2/c1-60(2)47-24-9-10-25-49(47)61(50-26-11-14-29-54(50)65-55-30-15-12-27-51(55)61)52-37-41(35-36-48(52)60)42-19-6-7-21-46(42)59-63-57(39-17-4-3-5-18-39)62-58(64-59)40-33-31-38(32-34-40)43-22-16-23-45-44-20-8-13-28-53(44)66-56(43)45/h3-37H,1-2H3. The van der Waals surface area contributed by atoms with E-state index in [0.29, 0.717) is 17.5 Å². The summed E-state index contributed by atoms with van der Waals surface area (Å²) in [5, 5.41) is 2.21. The van der Waals surface area contributed by atoms with Crippen LogP contribution in [0.4, 0.5) is 0 Å². The van der Waals surface area contributed by atoms with E-state index in [1.807, 2.05) is 30.3 Å². The van der Waals surface area contributed by atoms with Gasteiger partial charge in [-0.25, -0.2) is 15.0 Å². The van der Waals surface area contributed by atoms with Crippen LogP contribution in [0, 0.1) is 0 Å². The first-order valence-corrected chi connectivity index (χ1v) is 22.5. The Kier molecular flexibility index (Phi) is 8.40. The van der Waals surface area contributed by atoms with Crippen LogP contribution in [0.15, 0.2) is 217 Å². The highest BCUT2D eigenvalue weighted by molar-refractivity contribution is 6.09. The van der Waals surface area contributed by atoms with Gasteiger partial charge in [0, 0.05) is 49.6 Å². The minimum atomic E-state index is -0.638. The van der Waals surface area contributed by atoms with Gasteiger partial charge in [-0.1, -0.05) is 202 Å². The molecular weight excluding hydrogens is 807 g/mol. The third kappa shape index (κ3) is 5.63. The molecule has 1 aliphatic carbocycles.